The van der Waals surface area contributed by atoms with Crippen molar-refractivity contribution in [1.82, 2.24) is 9.21 Å². The van der Waals surface area contributed by atoms with Gasteiger partial charge in [0.25, 0.3) is 5.91 Å². The third kappa shape index (κ3) is 4.42. The number of hydrogen-bond donors (Lipinski definition) is 0. The van der Waals surface area contributed by atoms with Gasteiger partial charge in [-0.05, 0) is 67.0 Å². The van der Waals surface area contributed by atoms with E-state index in [1.807, 2.05) is 18.4 Å². The van der Waals surface area contributed by atoms with E-state index in [4.69, 9.17) is 0 Å². The van der Waals surface area contributed by atoms with Crippen LogP contribution in [0.4, 0.5) is 0 Å². The maximum Gasteiger partial charge on any atom is 0.253 e. The van der Waals surface area contributed by atoms with E-state index in [0.717, 1.165) is 17.7 Å². The molecule has 27 heavy (non-hydrogen) atoms. The van der Waals surface area contributed by atoms with Gasteiger partial charge in [-0.3, -0.25) is 4.79 Å². The third-order valence-corrected chi connectivity index (χ3v) is 8.10. The van der Waals surface area contributed by atoms with Crippen LogP contribution in [-0.4, -0.2) is 43.7 Å². The standard InChI is InChI=1S/C20H26N2O3S2/c1-15-8-11-22(12-9-15)27(24,25)18-6-4-17(5-7-18)20(23)21(3)14-19-16(2)10-13-26-19/h4-7,10,13,15H,8-9,11-12,14H2,1-3H3. The van der Waals surface area contributed by atoms with Crippen LogP contribution in [-0.2, 0) is 16.6 Å². The normalized spacial score (nSPS) is 16.4. The van der Waals surface area contributed by atoms with Gasteiger partial charge in [0.15, 0.2) is 0 Å². The maximum absolute atomic E-state index is 12.8. The monoisotopic (exact) mass is 406 g/mol. The third-order valence-electron chi connectivity index (χ3n) is 5.18. The fourth-order valence-electron chi connectivity index (χ4n) is 3.22. The van der Waals surface area contributed by atoms with Crippen molar-refractivity contribution in [1.29, 1.82) is 0 Å². The van der Waals surface area contributed by atoms with E-state index >= 15 is 0 Å². The van der Waals surface area contributed by atoms with Crippen LogP contribution in [0.15, 0.2) is 40.6 Å². The SMILES string of the molecule is Cc1ccsc1CN(C)C(=O)c1ccc(S(=O)(=O)N2CCC(C)CC2)cc1. The van der Waals surface area contributed by atoms with Gasteiger partial charge >= 0.3 is 0 Å². The Bertz CT molecular complexity index is 896. The number of hydrogen-bond acceptors (Lipinski definition) is 4. The molecule has 0 aliphatic carbocycles. The molecule has 2 aromatic rings. The number of rotatable bonds is 5. The van der Waals surface area contributed by atoms with Gasteiger partial charge in [-0.25, -0.2) is 8.42 Å². The molecule has 5 nitrogen and oxygen atoms in total. The van der Waals surface area contributed by atoms with Crippen LogP contribution in [0.5, 0.6) is 0 Å². The highest BCUT2D eigenvalue weighted by Gasteiger charge is 2.28. The highest BCUT2D eigenvalue weighted by atomic mass is 32.2. The van der Waals surface area contributed by atoms with E-state index in [1.165, 1.54) is 5.56 Å². The van der Waals surface area contributed by atoms with E-state index in [2.05, 4.69) is 6.92 Å². The van der Waals surface area contributed by atoms with E-state index < -0.39 is 10.0 Å². The van der Waals surface area contributed by atoms with E-state index in [-0.39, 0.29) is 10.8 Å². The highest BCUT2D eigenvalue weighted by Crippen LogP contribution is 2.24. The van der Waals surface area contributed by atoms with Crippen molar-refractivity contribution >= 4 is 27.3 Å². The fourth-order valence-corrected chi connectivity index (χ4v) is 5.65. The summed E-state index contributed by atoms with van der Waals surface area (Å²) in [5.41, 5.74) is 1.68. The first-order valence-corrected chi connectivity index (χ1v) is 11.5. The van der Waals surface area contributed by atoms with E-state index in [0.29, 0.717) is 31.1 Å². The molecule has 0 unspecified atom stereocenters. The van der Waals surface area contributed by atoms with Crippen molar-refractivity contribution in [3.05, 3.63) is 51.7 Å². The Morgan fingerprint density at radius 1 is 1.19 bits per heavy atom. The highest BCUT2D eigenvalue weighted by molar-refractivity contribution is 7.89. The van der Waals surface area contributed by atoms with Crippen LogP contribution in [0.1, 0.15) is 40.6 Å². The maximum atomic E-state index is 12.8. The summed E-state index contributed by atoms with van der Waals surface area (Å²) in [6.07, 6.45) is 1.78. The van der Waals surface area contributed by atoms with Crippen LogP contribution >= 0.6 is 11.3 Å². The number of thiophene rings is 1. The lowest BCUT2D eigenvalue weighted by molar-refractivity contribution is 0.0786. The molecule has 0 spiro atoms. The number of sulfonamides is 1. The summed E-state index contributed by atoms with van der Waals surface area (Å²) in [4.78, 5) is 15.7. The number of aryl methyl sites for hydroxylation is 1. The second-order valence-electron chi connectivity index (χ2n) is 7.30. The first kappa shape index (κ1) is 20.0. The van der Waals surface area contributed by atoms with Gasteiger partial charge in [-0.2, -0.15) is 4.31 Å². The molecule has 3 rings (SSSR count). The number of piperidine rings is 1. The average molecular weight is 407 g/mol. The lowest BCUT2D eigenvalue weighted by atomic mass is 10.0. The summed E-state index contributed by atoms with van der Waals surface area (Å²) in [6, 6.07) is 8.36. The van der Waals surface area contributed by atoms with Crippen molar-refractivity contribution in [3.8, 4) is 0 Å². The van der Waals surface area contributed by atoms with E-state index in [9.17, 15) is 13.2 Å². The number of nitrogens with zero attached hydrogens (tertiary/aromatic N) is 2. The molecule has 1 aliphatic heterocycles. The van der Waals surface area contributed by atoms with Gasteiger partial charge in [0, 0.05) is 30.6 Å². The van der Waals surface area contributed by atoms with Gasteiger partial charge < -0.3 is 4.90 Å². The van der Waals surface area contributed by atoms with Crippen molar-refractivity contribution in [3.63, 3.8) is 0 Å². The molecule has 1 fully saturated rings. The van der Waals surface area contributed by atoms with Crippen LogP contribution in [0.3, 0.4) is 0 Å². The molecule has 1 aromatic heterocycles. The van der Waals surface area contributed by atoms with Crippen molar-refractivity contribution in [2.75, 3.05) is 20.1 Å². The Hall–Kier alpha value is -1.70. The van der Waals surface area contributed by atoms with Crippen molar-refractivity contribution < 1.29 is 13.2 Å². The van der Waals surface area contributed by atoms with Gasteiger partial charge in [0.2, 0.25) is 10.0 Å². The topological polar surface area (TPSA) is 57.7 Å². The molecule has 0 radical (unpaired) electrons. The lowest BCUT2D eigenvalue weighted by Gasteiger charge is -2.29. The summed E-state index contributed by atoms with van der Waals surface area (Å²) in [6.45, 7) is 5.86. The van der Waals surface area contributed by atoms with Gasteiger partial charge in [0.1, 0.15) is 0 Å². The second-order valence-corrected chi connectivity index (χ2v) is 10.2. The Balaban J connectivity index is 1.71. The van der Waals surface area contributed by atoms with E-state index in [1.54, 1.807) is 51.9 Å². The first-order valence-electron chi connectivity index (χ1n) is 9.17. The summed E-state index contributed by atoms with van der Waals surface area (Å²) >= 11 is 1.63. The summed E-state index contributed by atoms with van der Waals surface area (Å²) in [5, 5.41) is 2.02. The predicted molar refractivity (Wildman–Crippen MR) is 108 cm³/mol. The molecule has 7 heteroatoms. The largest absolute Gasteiger partial charge is 0.337 e. The van der Waals surface area contributed by atoms with Crippen LogP contribution in [0, 0.1) is 12.8 Å². The smallest absolute Gasteiger partial charge is 0.253 e. The summed E-state index contributed by atoms with van der Waals surface area (Å²) in [5.74, 6) is 0.456. The zero-order valence-electron chi connectivity index (χ0n) is 16.0. The number of carbonyl (C=O) groups excluding carboxylic acids is 1. The minimum Gasteiger partial charge on any atom is -0.337 e. The molecule has 146 valence electrons. The molecule has 2 heterocycles. The number of benzene rings is 1. The van der Waals surface area contributed by atoms with Crippen LogP contribution in [0.2, 0.25) is 0 Å². The Morgan fingerprint density at radius 3 is 2.37 bits per heavy atom. The molecule has 1 saturated heterocycles. The molecular formula is C20H26N2O3S2. The Kier molecular flexibility index (Phi) is 6.03. The van der Waals surface area contributed by atoms with Gasteiger partial charge in [-0.15, -0.1) is 11.3 Å². The zero-order chi connectivity index (χ0) is 19.6. The van der Waals surface area contributed by atoms with Gasteiger partial charge in [0.05, 0.1) is 11.4 Å². The van der Waals surface area contributed by atoms with Crippen LogP contribution in [0.25, 0.3) is 0 Å². The minimum absolute atomic E-state index is 0.112. The molecule has 1 amide bonds. The number of carbonyl (C=O) groups is 1. The summed E-state index contributed by atoms with van der Waals surface area (Å²) in [7, 11) is -1.72. The number of amides is 1. The molecule has 0 atom stereocenters. The van der Waals surface area contributed by atoms with Crippen molar-refractivity contribution in [2.24, 2.45) is 5.92 Å². The summed E-state index contributed by atoms with van der Waals surface area (Å²) < 4.78 is 27.1. The molecule has 0 saturated carbocycles. The predicted octanol–water partition coefficient (Wildman–Crippen LogP) is 3.75. The van der Waals surface area contributed by atoms with Crippen molar-refractivity contribution in [2.45, 2.75) is 38.1 Å². The molecule has 0 bridgehead atoms. The molecule has 1 aliphatic rings. The second kappa shape index (κ2) is 8.12. The fraction of sp³-hybridized carbons (Fsp3) is 0.450. The zero-order valence-corrected chi connectivity index (χ0v) is 17.6. The molecule has 1 aromatic carbocycles. The van der Waals surface area contributed by atoms with Gasteiger partial charge in [-0.1, -0.05) is 6.92 Å². The lowest BCUT2D eigenvalue weighted by Crippen LogP contribution is -2.37. The van der Waals surface area contributed by atoms with Crippen LogP contribution < -0.4 is 0 Å². The quantitative estimate of drug-likeness (QED) is 0.760. The molecule has 0 N–H and O–H groups in total. The molecular weight excluding hydrogens is 380 g/mol. The average Bonchev–Trinajstić information content (AvgIpc) is 3.06. The Morgan fingerprint density at radius 2 is 1.81 bits per heavy atom. The minimum atomic E-state index is -3.48. The Labute approximate surface area is 165 Å². The first-order chi connectivity index (χ1) is 12.8.